The standard InChI is InChI=1S/C22H15ClF3NO4S/c1-31-20(28)9-2-13-10-19(26)21(27-12-13)22(17-11-15(24)5-8-18(17)25)32(29,30)16-6-3-14(23)4-7-16/h2-12,22H,1H3. The van der Waals surface area contributed by atoms with E-state index in [2.05, 4.69) is 9.72 Å². The van der Waals surface area contributed by atoms with Crippen molar-refractivity contribution in [3.63, 3.8) is 0 Å². The summed E-state index contributed by atoms with van der Waals surface area (Å²) in [6.07, 6.45) is 3.32. The van der Waals surface area contributed by atoms with E-state index in [4.69, 9.17) is 11.6 Å². The molecule has 0 N–H and O–H groups in total. The summed E-state index contributed by atoms with van der Waals surface area (Å²) in [5.41, 5.74) is -1.12. The highest BCUT2D eigenvalue weighted by atomic mass is 35.5. The van der Waals surface area contributed by atoms with Gasteiger partial charge in [0.2, 0.25) is 0 Å². The minimum Gasteiger partial charge on any atom is -0.466 e. The van der Waals surface area contributed by atoms with Gasteiger partial charge >= 0.3 is 5.97 Å². The Balaban J connectivity index is 2.20. The van der Waals surface area contributed by atoms with Crippen LogP contribution < -0.4 is 0 Å². The Morgan fingerprint density at radius 3 is 2.38 bits per heavy atom. The molecule has 32 heavy (non-hydrogen) atoms. The smallest absolute Gasteiger partial charge is 0.330 e. The van der Waals surface area contributed by atoms with E-state index < -0.39 is 49.8 Å². The zero-order chi connectivity index (χ0) is 23.5. The number of hydrogen-bond donors (Lipinski definition) is 0. The van der Waals surface area contributed by atoms with Gasteiger partial charge in [-0.05, 0) is 60.2 Å². The van der Waals surface area contributed by atoms with Crippen LogP contribution in [0.25, 0.3) is 6.08 Å². The van der Waals surface area contributed by atoms with Crippen LogP contribution in [0, 0.1) is 17.5 Å². The fourth-order valence-corrected chi connectivity index (χ4v) is 4.81. The molecule has 3 aromatic rings. The first kappa shape index (κ1) is 23.5. The van der Waals surface area contributed by atoms with Crippen LogP contribution in [0.2, 0.25) is 5.02 Å². The third kappa shape index (κ3) is 5.00. The molecule has 3 rings (SSSR count). The first-order valence-electron chi connectivity index (χ1n) is 8.99. The minimum atomic E-state index is -4.49. The van der Waals surface area contributed by atoms with Crippen LogP contribution in [0.4, 0.5) is 13.2 Å². The van der Waals surface area contributed by atoms with E-state index in [-0.39, 0.29) is 15.5 Å². The second-order valence-corrected chi connectivity index (χ2v) is 9.01. The molecule has 2 aromatic carbocycles. The van der Waals surface area contributed by atoms with Crippen molar-refractivity contribution in [2.75, 3.05) is 7.11 Å². The number of carbonyl (C=O) groups is 1. The third-order valence-electron chi connectivity index (χ3n) is 4.45. The van der Waals surface area contributed by atoms with Gasteiger partial charge in [0, 0.05) is 22.9 Å². The number of aromatic nitrogens is 1. The summed E-state index contributed by atoms with van der Waals surface area (Å²) in [6.45, 7) is 0. The molecule has 1 unspecified atom stereocenters. The van der Waals surface area contributed by atoms with E-state index in [1.165, 1.54) is 30.3 Å². The highest BCUT2D eigenvalue weighted by molar-refractivity contribution is 7.91. The van der Waals surface area contributed by atoms with Gasteiger partial charge in [-0.15, -0.1) is 0 Å². The summed E-state index contributed by atoms with van der Waals surface area (Å²) in [4.78, 5) is 14.8. The molecule has 0 fully saturated rings. The van der Waals surface area contributed by atoms with Crippen LogP contribution in [0.3, 0.4) is 0 Å². The van der Waals surface area contributed by atoms with Gasteiger partial charge in [0.05, 0.1) is 17.7 Å². The lowest BCUT2D eigenvalue weighted by molar-refractivity contribution is -0.134. The van der Waals surface area contributed by atoms with Crippen molar-refractivity contribution in [2.24, 2.45) is 0 Å². The number of esters is 1. The third-order valence-corrected chi connectivity index (χ3v) is 6.72. The van der Waals surface area contributed by atoms with Gasteiger partial charge in [-0.2, -0.15) is 0 Å². The van der Waals surface area contributed by atoms with E-state index in [0.29, 0.717) is 6.07 Å². The van der Waals surface area contributed by atoms with Gasteiger partial charge in [-0.25, -0.2) is 26.4 Å². The molecule has 10 heteroatoms. The lowest BCUT2D eigenvalue weighted by Crippen LogP contribution is -2.19. The van der Waals surface area contributed by atoms with Crippen molar-refractivity contribution < 1.29 is 31.1 Å². The molecule has 0 aliphatic carbocycles. The first-order valence-corrected chi connectivity index (χ1v) is 10.9. The predicted molar refractivity (Wildman–Crippen MR) is 112 cm³/mol. The van der Waals surface area contributed by atoms with Crippen molar-refractivity contribution >= 4 is 33.5 Å². The molecule has 0 spiro atoms. The molecule has 0 amide bonds. The average Bonchev–Trinajstić information content (AvgIpc) is 2.76. The molecule has 1 aromatic heterocycles. The second-order valence-electron chi connectivity index (χ2n) is 6.54. The van der Waals surface area contributed by atoms with Crippen LogP contribution in [0.15, 0.2) is 65.7 Å². The number of nitrogens with zero attached hydrogens (tertiary/aromatic N) is 1. The van der Waals surface area contributed by atoms with Crippen LogP contribution in [-0.2, 0) is 19.4 Å². The van der Waals surface area contributed by atoms with Crippen molar-refractivity contribution in [3.8, 4) is 0 Å². The molecule has 1 heterocycles. The molecular formula is C22H15ClF3NO4S. The topological polar surface area (TPSA) is 73.3 Å². The highest BCUT2D eigenvalue weighted by Crippen LogP contribution is 2.37. The largest absolute Gasteiger partial charge is 0.466 e. The van der Waals surface area contributed by atoms with Crippen molar-refractivity contribution in [3.05, 3.63) is 100 Å². The van der Waals surface area contributed by atoms with Crippen LogP contribution in [-0.4, -0.2) is 26.5 Å². The lowest BCUT2D eigenvalue weighted by Gasteiger charge is -2.19. The number of halogens is 4. The summed E-state index contributed by atoms with van der Waals surface area (Å²) in [6, 6.07) is 8.12. The Bertz CT molecular complexity index is 1300. The minimum absolute atomic E-state index is 0.124. The normalized spacial score (nSPS) is 12.7. The number of rotatable bonds is 6. The zero-order valence-electron chi connectivity index (χ0n) is 16.4. The van der Waals surface area contributed by atoms with Crippen molar-refractivity contribution in [1.82, 2.24) is 4.98 Å². The average molecular weight is 482 g/mol. The van der Waals surface area contributed by atoms with Crippen LogP contribution in [0.1, 0.15) is 22.1 Å². The monoisotopic (exact) mass is 481 g/mol. The van der Waals surface area contributed by atoms with Gasteiger partial charge in [0.25, 0.3) is 0 Å². The number of pyridine rings is 1. The second kappa shape index (κ2) is 9.54. The van der Waals surface area contributed by atoms with E-state index in [9.17, 15) is 22.0 Å². The predicted octanol–water partition coefficient (Wildman–Crippen LogP) is 4.90. The zero-order valence-corrected chi connectivity index (χ0v) is 18.0. The SMILES string of the molecule is COC(=O)C=Cc1cnc(C(c2cc(F)ccc2F)S(=O)(=O)c2ccc(Cl)cc2)c(F)c1. The highest BCUT2D eigenvalue weighted by Gasteiger charge is 2.36. The van der Waals surface area contributed by atoms with Gasteiger partial charge in [-0.1, -0.05) is 11.6 Å². The number of methoxy groups -OCH3 is 1. The fraction of sp³-hybridized carbons (Fsp3) is 0.0909. The Kier molecular flexibility index (Phi) is 7.00. The number of sulfone groups is 1. The van der Waals surface area contributed by atoms with Gasteiger partial charge in [0.1, 0.15) is 22.7 Å². The molecule has 0 aliphatic rings. The van der Waals surface area contributed by atoms with Gasteiger partial charge < -0.3 is 4.74 Å². The van der Waals surface area contributed by atoms with Crippen LogP contribution >= 0.6 is 11.6 Å². The summed E-state index contributed by atoms with van der Waals surface area (Å²) in [7, 11) is -3.33. The summed E-state index contributed by atoms with van der Waals surface area (Å²) < 4.78 is 74.7. The first-order chi connectivity index (χ1) is 15.1. The summed E-state index contributed by atoms with van der Waals surface area (Å²) in [5.74, 6) is -3.75. The number of carbonyl (C=O) groups excluding carboxylic acids is 1. The van der Waals surface area contributed by atoms with Gasteiger partial charge in [0.15, 0.2) is 9.84 Å². The maximum Gasteiger partial charge on any atom is 0.330 e. The quantitative estimate of drug-likeness (QED) is 0.370. The summed E-state index contributed by atoms with van der Waals surface area (Å²) in [5, 5.41) is -1.73. The van der Waals surface area contributed by atoms with Crippen molar-refractivity contribution in [2.45, 2.75) is 10.1 Å². The number of benzene rings is 2. The molecule has 0 radical (unpaired) electrons. The Labute approximate surface area is 187 Å². The maximum absolute atomic E-state index is 15.0. The molecule has 5 nitrogen and oxygen atoms in total. The Morgan fingerprint density at radius 2 is 1.75 bits per heavy atom. The molecule has 0 saturated carbocycles. The molecule has 1 atom stereocenters. The molecular weight excluding hydrogens is 467 g/mol. The maximum atomic E-state index is 15.0. The van der Waals surface area contributed by atoms with Gasteiger partial charge in [-0.3, -0.25) is 4.98 Å². The Morgan fingerprint density at radius 1 is 1.06 bits per heavy atom. The van der Waals surface area contributed by atoms with E-state index in [1.54, 1.807) is 0 Å². The lowest BCUT2D eigenvalue weighted by atomic mass is 10.1. The molecule has 0 bridgehead atoms. The van der Waals surface area contributed by atoms with E-state index in [1.807, 2.05) is 0 Å². The Hall–Kier alpha value is -3.17. The van der Waals surface area contributed by atoms with E-state index in [0.717, 1.165) is 37.6 Å². The van der Waals surface area contributed by atoms with Crippen LogP contribution in [0.5, 0.6) is 0 Å². The van der Waals surface area contributed by atoms with Crippen molar-refractivity contribution in [1.29, 1.82) is 0 Å². The van der Waals surface area contributed by atoms with E-state index >= 15 is 4.39 Å². The molecule has 166 valence electrons. The fourth-order valence-electron chi connectivity index (χ4n) is 2.92. The summed E-state index contributed by atoms with van der Waals surface area (Å²) >= 11 is 5.81. The number of ether oxygens (including phenoxy) is 1. The number of hydrogen-bond acceptors (Lipinski definition) is 5. The molecule has 0 saturated heterocycles. The molecule has 0 aliphatic heterocycles.